The number of carbonyl (C=O) groups excluding carboxylic acids is 2. The summed E-state index contributed by atoms with van der Waals surface area (Å²) < 4.78 is 54.0. The van der Waals surface area contributed by atoms with Crippen LogP contribution in [0.1, 0.15) is 30.7 Å². The molecule has 0 N–H and O–H groups in total. The first kappa shape index (κ1) is 19.3. The van der Waals surface area contributed by atoms with Crippen LogP contribution in [-0.2, 0) is 31.8 Å². The highest BCUT2D eigenvalue weighted by molar-refractivity contribution is 6.07. The number of carbonyl (C=O) groups is 2. The Morgan fingerprint density at radius 1 is 1.16 bits per heavy atom. The van der Waals surface area contributed by atoms with E-state index in [1.807, 2.05) is 0 Å². The minimum Gasteiger partial charge on any atom is -0.473 e. The molecular weight excluding hydrogens is 343 g/mol. The number of alkyl halides is 3. The topological polar surface area (TPSA) is 74.7 Å². The van der Waals surface area contributed by atoms with E-state index in [4.69, 9.17) is 14.2 Å². The summed E-state index contributed by atoms with van der Waals surface area (Å²) in [5, 5.41) is 0. The molecule has 0 amide bonds. The number of nitrogens with zero attached hydrogens (tertiary/aromatic N) is 1. The Bertz CT molecular complexity index is 617. The van der Waals surface area contributed by atoms with Crippen molar-refractivity contribution in [2.45, 2.75) is 38.1 Å². The van der Waals surface area contributed by atoms with Gasteiger partial charge in [0.15, 0.2) is 11.6 Å². The fourth-order valence-corrected chi connectivity index (χ4v) is 2.31. The Hall–Kier alpha value is -2.00. The van der Waals surface area contributed by atoms with Crippen molar-refractivity contribution in [1.29, 1.82) is 0 Å². The highest BCUT2D eigenvalue weighted by atomic mass is 19.4. The van der Waals surface area contributed by atoms with Crippen molar-refractivity contribution < 1.29 is 37.0 Å². The highest BCUT2D eigenvalue weighted by Crippen LogP contribution is 2.31. The zero-order chi connectivity index (χ0) is 18.4. The van der Waals surface area contributed by atoms with Crippen molar-refractivity contribution in [1.82, 2.24) is 4.98 Å². The van der Waals surface area contributed by atoms with Gasteiger partial charge in [-0.05, 0) is 18.6 Å². The lowest BCUT2D eigenvalue weighted by molar-refractivity contribution is -0.142. The number of halogens is 3. The van der Waals surface area contributed by atoms with E-state index in [-0.39, 0.29) is 55.7 Å². The molecule has 1 aromatic rings. The number of Topliss-reactive ketones (excluding diaryl/α,β-unsaturated/α-hetero) is 2. The molecule has 25 heavy (non-hydrogen) atoms. The molecular formula is C16H18F3NO5. The normalized spacial score (nSPS) is 16.3. The van der Waals surface area contributed by atoms with Crippen LogP contribution in [0.25, 0.3) is 0 Å². The molecule has 9 heteroatoms. The van der Waals surface area contributed by atoms with Gasteiger partial charge in [0.25, 0.3) is 0 Å². The minimum atomic E-state index is -4.63. The van der Waals surface area contributed by atoms with E-state index < -0.39 is 18.0 Å². The van der Waals surface area contributed by atoms with Crippen molar-refractivity contribution in [3.8, 4) is 5.75 Å². The van der Waals surface area contributed by atoms with Crippen molar-refractivity contribution in [2.75, 3.05) is 20.3 Å². The Morgan fingerprint density at radius 3 is 2.44 bits per heavy atom. The van der Waals surface area contributed by atoms with Crippen molar-refractivity contribution in [3.05, 3.63) is 23.5 Å². The fourth-order valence-electron chi connectivity index (χ4n) is 2.31. The van der Waals surface area contributed by atoms with E-state index in [9.17, 15) is 22.8 Å². The Morgan fingerprint density at radius 2 is 1.84 bits per heavy atom. The highest BCUT2D eigenvalue weighted by Gasteiger charge is 2.35. The molecule has 0 unspecified atom stereocenters. The predicted octanol–water partition coefficient (Wildman–Crippen LogP) is 2.33. The first-order chi connectivity index (χ1) is 11.8. The van der Waals surface area contributed by atoms with Crippen molar-refractivity contribution in [2.24, 2.45) is 0 Å². The molecule has 1 aromatic heterocycles. The van der Waals surface area contributed by atoms with Crippen LogP contribution >= 0.6 is 0 Å². The third kappa shape index (κ3) is 5.23. The summed E-state index contributed by atoms with van der Waals surface area (Å²) in [7, 11) is 1.46. The molecule has 0 bridgehead atoms. The van der Waals surface area contributed by atoms with Crippen LogP contribution in [-0.4, -0.2) is 43.0 Å². The molecule has 1 aliphatic rings. The maximum atomic E-state index is 12.9. The van der Waals surface area contributed by atoms with Gasteiger partial charge in [-0.15, -0.1) is 0 Å². The van der Waals surface area contributed by atoms with Gasteiger partial charge in [-0.2, -0.15) is 13.2 Å². The summed E-state index contributed by atoms with van der Waals surface area (Å²) >= 11 is 0. The number of rotatable bonds is 7. The first-order valence-electron chi connectivity index (χ1n) is 7.69. The standard InChI is InChI=1S/C16H18F3NO5/c1-23-7-8-24-9-10-13(5-6-14(20-10)16(17,18)19)25-15-11(21)3-2-4-12(15)22/h5-6,15H,2-4,7-9H2,1H3. The number of pyridine rings is 1. The van der Waals surface area contributed by atoms with E-state index in [1.165, 1.54) is 7.11 Å². The number of aromatic nitrogens is 1. The van der Waals surface area contributed by atoms with E-state index in [1.54, 1.807) is 0 Å². The molecule has 0 saturated heterocycles. The predicted molar refractivity (Wildman–Crippen MR) is 79.1 cm³/mol. The zero-order valence-electron chi connectivity index (χ0n) is 13.6. The molecule has 0 atom stereocenters. The quantitative estimate of drug-likeness (QED) is 0.548. The van der Waals surface area contributed by atoms with Crippen LogP contribution < -0.4 is 4.74 Å². The van der Waals surface area contributed by atoms with Crippen molar-refractivity contribution in [3.63, 3.8) is 0 Å². The maximum Gasteiger partial charge on any atom is 0.433 e. The SMILES string of the molecule is COCCOCc1nc(C(F)(F)F)ccc1OC1C(=O)CCCC1=O. The summed E-state index contributed by atoms with van der Waals surface area (Å²) in [4.78, 5) is 27.2. The fraction of sp³-hybridized carbons (Fsp3) is 0.562. The number of methoxy groups -OCH3 is 1. The van der Waals surface area contributed by atoms with E-state index in [0.29, 0.717) is 6.42 Å². The molecule has 0 spiro atoms. The van der Waals surface area contributed by atoms with Gasteiger partial charge in [-0.3, -0.25) is 9.59 Å². The van der Waals surface area contributed by atoms with Gasteiger partial charge in [0.2, 0.25) is 6.10 Å². The van der Waals surface area contributed by atoms with E-state index >= 15 is 0 Å². The third-order valence-electron chi connectivity index (χ3n) is 3.57. The summed E-state index contributed by atoms with van der Waals surface area (Å²) in [6.07, 6.45) is -5.08. The molecule has 1 saturated carbocycles. The van der Waals surface area contributed by atoms with Gasteiger partial charge < -0.3 is 14.2 Å². The molecule has 1 heterocycles. The van der Waals surface area contributed by atoms with Gasteiger partial charge in [0, 0.05) is 20.0 Å². The summed E-state index contributed by atoms with van der Waals surface area (Å²) in [5.74, 6) is -0.844. The van der Waals surface area contributed by atoms with Crippen LogP contribution in [0.3, 0.4) is 0 Å². The van der Waals surface area contributed by atoms with Crippen LogP contribution in [0.4, 0.5) is 13.2 Å². The first-order valence-corrected chi connectivity index (χ1v) is 7.69. The number of ketones is 2. The third-order valence-corrected chi connectivity index (χ3v) is 3.57. The lowest BCUT2D eigenvalue weighted by Crippen LogP contribution is -2.39. The Balaban J connectivity index is 2.22. The smallest absolute Gasteiger partial charge is 0.433 e. The van der Waals surface area contributed by atoms with E-state index in [2.05, 4.69) is 4.98 Å². The monoisotopic (exact) mass is 361 g/mol. The molecule has 0 aliphatic heterocycles. The number of hydrogen-bond donors (Lipinski definition) is 0. The Labute approximate surface area is 142 Å². The molecule has 138 valence electrons. The second kappa shape index (κ2) is 8.39. The number of ether oxygens (including phenoxy) is 3. The van der Waals surface area contributed by atoms with Gasteiger partial charge in [0.05, 0.1) is 19.8 Å². The molecule has 1 fully saturated rings. The average molecular weight is 361 g/mol. The van der Waals surface area contributed by atoms with Crippen LogP contribution in [0, 0.1) is 0 Å². The molecule has 0 radical (unpaired) electrons. The molecule has 0 aromatic carbocycles. The molecule has 2 rings (SSSR count). The Kier molecular flexibility index (Phi) is 6.49. The maximum absolute atomic E-state index is 12.9. The lowest BCUT2D eigenvalue weighted by Gasteiger charge is -2.22. The van der Waals surface area contributed by atoms with Crippen molar-refractivity contribution >= 4 is 11.6 Å². The average Bonchev–Trinajstić information content (AvgIpc) is 2.55. The van der Waals surface area contributed by atoms with Crippen LogP contribution in [0.5, 0.6) is 5.75 Å². The largest absolute Gasteiger partial charge is 0.473 e. The lowest BCUT2D eigenvalue weighted by atomic mass is 9.95. The van der Waals surface area contributed by atoms with E-state index in [0.717, 1.165) is 12.1 Å². The van der Waals surface area contributed by atoms with Crippen LogP contribution in [0.2, 0.25) is 0 Å². The second-order valence-electron chi connectivity index (χ2n) is 5.47. The minimum absolute atomic E-state index is 0.0704. The molecule has 6 nitrogen and oxygen atoms in total. The summed E-state index contributed by atoms with van der Waals surface area (Å²) in [6, 6.07) is 1.80. The van der Waals surface area contributed by atoms with Gasteiger partial charge in [-0.1, -0.05) is 0 Å². The zero-order valence-corrected chi connectivity index (χ0v) is 13.6. The number of hydrogen-bond acceptors (Lipinski definition) is 6. The van der Waals surface area contributed by atoms with Crippen LogP contribution in [0.15, 0.2) is 12.1 Å². The summed E-state index contributed by atoms with van der Waals surface area (Å²) in [5.41, 5.74) is -1.23. The van der Waals surface area contributed by atoms with Gasteiger partial charge in [0.1, 0.15) is 17.1 Å². The molecule has 1 aliphatic carbocycles. The van der Waals surface area contributed by atoms with Gasteiger partial charge in [-0.25, -0.2) is 4.98 Å². The summed E-state index contributed by atoms with van der Waals surface area (Å²) in [6.45, 7) is 0.140. The van der Waals surface area contributed by atoms with Gasteiger partial charge >= 0.3 is 6.18 Å². The second-order valence-corrected chi connectivity index (χ2v) is 5.47.